The molecule has 0 saturated carbocycles. The highest BCUT2D eigenvalue weighted by Gasteiger charge is 2.16. The van der Waals surface area contributed by atoms with Gasteiger partial charge in [-0.15, -0.1) is 0 Å². The summed E-state index contributed by atoms with van der Waals surface area (Å²) in [5, 5.41) is 11.5. The van der Waals surface area contributed by atoms with E-state index >= 15 is 0 Å². The summed E-state index contributed by atoms with van der Waals surface area (Å²) in [5.74, 6) is -0.750. The number of hydrogen-bond donors (Lipinski definition) is 2. The fourth-order valence-corrected chi connectivity index (χ4v) is 1.80. The summed E-state index contributed by atoms with van der Waals surface area (Å²) >= 11 is 3.11. The quantitative estimate of drug-likeness (QED) is 0.903. The molecule has 0 aliphatic rings. The molecule has 2 aromatic rings. The summed E-state index contributed by atoms with van der Waals surface area (Å²) in [6.07, 6.45) is -2.01. The molecule has 2 rings (SSSR count). The molecule has 0 bridgehead atoms. The first-order valence-electron chi connectivity index (χ1n) is 5.00. The van der Waals surface area contributed by atoms with Crippen LogP contribution in [0.5, 0.6) is 5.75 Å². The van der Waals surface area contributed by atoms with E-state index < -0.39 is 18.0 Å². The third-order valence-corrected chi connectivity index (χ3v) is 2.57. The van der Waals surface area contributed by atoms with E-state index in [0.717, 1.165) is 6.26 Å². The Labute approximate surface area is 114 Å². The number of amides is 1. The minimum Gasteiger partial charge on any atom is -0.508 e. The summed E-state index contributed by atoms with van der Waals surface area (Å²) in [5.41, 5.74) is -0.434. The summed E-state index contributed by atoms with van der Waals surface area (Å²) in [6.45, 7) is 0. The monoisotopic (exact) mass is 332 g/mol. The zero-order valence-corrected chi connectivity index (χ0v) is 10.8. The van der Waals surface area contributed by atoms with Crippen molar-refractivity contribution in [3.05, 3.63) is 40.2 Å². The molecule has 2 N–H and O–H groups in total. The SMILES string of the molecule is O=C(Nc1nc(C(F)F)co1)c1cc(O)cc(Br)c1. The van der Waals surface area contributed by atoms with Crippen molar-refractivity contribution in [1.82, 2.24) is 4.98 Å². The lowest BCUT2D eigenvalue weighted by atomic mass is 10.2. The number of phenolic OH excluding ortho intramolecular Hbond substituents is 1. The van der Waals surface area contributed by atoms with Crippen LogP contribution in [0.2, 0.25) is 0 Å². The zero-order valence-electron chi connectivity index (χ0n) is 9.23. The van der Waals surface area contributed by atoms with Crippen molar-refractivity contribution in [3.63, 3.8) is 0 Å². The smallest absolute Gasteiger partial charge is 0.302 e. The van der Waals surface area contributed by atoms with Gasteiger partial charge in [-0.3, -0.25) is 10.1 Å². The minimum absolute atomic E-state index is 0.111. The second kappa shape index (κ2) is 5.35. The molecule has 5 nitrogen and oxygen atoms in total. The van der Waals surface area contributed by atoms with Gasteiger partial charge in [-0.1, -0.05) is 15.9 Å². The van der Waals surface area contributed by atoms with E-state index in [1.807, 2.05) is 0 Å². The van der Waals surface area contributed by atoms with Crippen LogP contribution in [0.25, 0.3) is 0 Å². The van der Waals surface area contributed by atoms with Crippen molar-refractivity contribution in [2.75, 3.05) is 5.32 Å². The number of hydrogen-bond acceptors (Lipinski definition) is 4. The number of benzene rings is 1. The molecule has 1 heterocycles. The van der Waals surface area contributed by atoms with Crippen LogP contribution in [0.4, 0.5) is 14.8 Å². The van der Waals surface area contributed by atoms with E-state index in [2.05, 4.69) is 30.6 Å². The van der Waals surface area contributed by atoms with Gasteiger partial charge in [0.1, 0.15) is 17.7 Å². The van der Waals surface area contributed by atoms with Gasteiger partial charge in [-0.2, -0.15) is 4.98 Å². The van der Waals surface area contributed by atoms with Crippen LogP contribution in [0.1, 0.15) is 22.5 Å². The number of nitrogens with zero attached hydrogens (tertiary/aromatic N) is 1. The van der Waals surface area contributed by atoms with Crippen LogP contribution in [-0.4, -0.2) is 16.0 Å². The molecule has 0 aliphatic carbocycles. The third kappa shape index (κ3) is 3.28. The van der Waals surface area contributed by atoms with E-state index in [1.165, 1.54) is 18.2 Å². The minimum atomic E-state index is -2.77. The lowest BCUT2D eigenvalue weighted by Gasteiger charge is -2.02. The van der Waals surface area contributed by atoms with Gasteiger partial charge in [-0.25, -0.2) is 8.78 Å². The second-order valence-corrected chi connectivity index (χ2v) is 4.45. The predicted octanol–water partition coefficient (Wildman–Crippen LogP) is 3.33. The molecular formula is C11H7BrF2N2O3. The molecule has 0 spiro atoms. The van der Waals surface area contributed by atoms with Crippen LogP contribution < -0.4 is 5.32 Å². The number of anilines is 1. The predicted molar refractivity (Wildman–Crippen MR) is 65.2 cm³/mol. The first kappa shape index (κ1) is 13.5. The van der Waals surface area contributed by atoms with Gasteiger partial charge in [0.25, 0.3) is 12.3 Å². The molecule has 1 aromatic heterocycles. The van der Waals surface area contributed by atoms with Crippen molar-refractivity contribution in [2.24, 2.45) is 0 Å². The fraction of sp³-hybridized carbons (Fsp3) is 0.0909. The topological polar surface area (TPSA) is 75.4 Å². The lowest BCUT2D eigenvalue weighted by molar-refractivity contribution is 0.102. The number of carbonyl (C=O) groups excluding carboxylic acids is 1. The van der Waals surface area contributed by atoms with Gasteiger partial charge in [0, 0.05) is 10.0 Å². The molecule has 0 saturated heterocycles. The number of aromatic nitrogens is 1. The number of halogens is 3. The Hall–Kier alpha value is -1.96. The summed E-state index contributed by atoms with van der Waals surface area (Å²) < 4.78 is 29.7. The number of carbonyl (C=O) groups is 1. The highest BCUT2D eigenvalue weighted by molar-refractivity contribution is 9.10. The Balaban J connectivity index is 2.15. The Kier molecular flexibility index (Phi) is 3.79. The first-order chi connectivity index (χ1) is 8.95. The van der Waals surface area contributed by atoms with E-state index in [0.29, 0.717) is 4.47 Å². The maximum absolute atomic E-state index is 12.3. The molecule has 1 aromatic carbocycles. The second-order valence-electron chi connectivity index (χ2n) is 3.53. The lowest BCUT2D eigenvalue weighted by Crippen LogP contribution is -2.12. The number of nitrogens with one attached hydrogen (secondary N) is 1. The highest BCUT2D eigenvalue weighted by Crippen LogP contribution is 2.22. The molecule has 0 aliphatic heterocycles. The van der Waals surface area contributed by atoms with Crippen LogP contribution in [0.3, 0.4) is 0 Å². The average Bonchev–Trinajstić information content (AvgIpc) is 2.76. The van der Waals surface area contributed by atoms with E-state index in [-0.39, 0.29) is 17.3 Å². The number of alkyl halides is 2. The van der Waals surface area contributed by atoms with Crippen molar-refractivity contribution < 1.29 is 23.1 Å². The van der Waals surface area contributed by atoms with Crippen molar-refractivity contribution >= 4 is 27.9 Å². The number of oxazole rings is 1. The molecule has 1 amide bonds. The third-order valence-electron chi connectivity index (χ3n) is 2.11. The normalized spacial score (nSPS) is 10.7. The zero-order chi connectivity index (χ0) is 14.0. The molecule has 19 heavy (non-hydrogen) atoms. The number of aromatic hydroxyl groups is 1. The standard InChI is InChI=1S/C11H7BrF2N2O3/c12-6-1-5(2-7(17)3-6)10(18)16-11-15-8(4-19-11)9(13)14/h1-4,9,17H,(H,15,16,18). The molecule has 0 unspecified atom stereocenters. The van der Waals surface area contributed by atoms with Gasteiger partial charge in [0.2, 0.25) is 0 Å². The first-order valence-corrected chi connectivity index (χ1v) is 5.79. The van der Waals surface area contributed by atoms with Gasteiger partial charge in [-0.05, 0) is 18.2 Å². The van der Waals surface area contributed by atoms with E-state index in [4.69, 9.17) is 0 Å². The molecule has 8 heteroatoms. The van der Waals surface area contributed by atoms with Crippen LogP contribution in [0, 0.1) is 0 Å². The van der Waals surface area contributed by atoms with Crippen LogP contribution in [-0.2, 0) is 0 Å². The molecular weight excluding hydrogens is 326 g/mol. The average molecular weight is 333 g/mol. The molecule has 0 fully saturated rings. The highest BCUT2D eigenvalue weighted by atomic mass is 79.9. The number of phenols is 1. The fourth-order valence-electron chi connectivity index (χ4n) is 1.32. The molecule has 100 valence electrons. The summed E-state index contributed by atoms with van der Waals surface area (Å²) in [6, 6.07) is 3.74. The largest absolute Gasteiger partial charge is 0.508 e. The van der Waals surface area contributed by atoms with Gasteiger partial charge in [0.15, 0.2) is 0 Å². The van der Waals surface area contributed by atoms with Crippen molar-refractivity contribution in [2.45, 2.75) is 6.43 Å². The maximum atomic E-state index is 12.3. The Morgan fingerprint density at radius 3 is 2.74 bits per heavy atom. The Morgan fingerprint density at radius 2 is 2.16 bits per heavy atom. The Morgan fingerprint density at radius 1 is 1.42 bits per heavy atom. The number of rotatable bonds is 3. The maximum Gasteiger partial charge on any atom is 0.302 e. The molecule has 0 atom stereocenters. The Bertz CT molecular complexity index is 595. The van der Waals surface area contributed by atoms with Crippen LogP contribution in [0.15, 0.2) is 33.4 Å². The van der Waals surface area contributed by atoms with Gasteiger partial charge in [0.05, 0.1) is 0 Å². The van der Waals surface area contributed by atoms with Crippen molar-refractivity contribution in [1.29, 1.82) is 0 Å². The van der Waals surface area contributed by atoms with Crippen LogP contribution >= 0.6 is 15.9 Å². The van der Waals surface area contributed by atoms with Gasteiger partial charge < -0.3 is 9.52 Å². The van der Waals surface area contributed by atoms with E-state index in [1.54, 1.807) is 0 Å². The summed E-state index contributed by atoms with van der Waals surface area (Å²) in [4.78, 5) is 15.2. The summed E-state index contributed by atoms with van der Waals surface area (Å²) in [7, 11) is 0. The molecule has 0 radical (unpaired) electrons. The van der Waals surface area contributed by atoms with Gasteiger partial charge >= 0.3 is 6.01 Å². The van der Waals surface area contributed by atoms with Crippen molar-refractivity contribution in [3.8, 4) is 5.75 Å². The van der Waals surface area contributed by atoms with E-state index in [9.17, 15) is 18.7 Å².